The molecule has 1 atom stereocenters. The summed E-state index contributed by atoms with van der Waals surface area (Å²) in [5, 5.41) is 8.53. The van der Waals surface area contributed by atoms with Crippen LogP contribution < -0.4 is 10.6 Å². The van der Waals surface area contributed by atoms with E-state index in [0.717, 1.165) is 42.0 Å². The maximum atomic E-state index is 5.65. The van der Waals surface area contributed by atoms with E-state index in [-0.39, 0.29) is 0 Å². The molecule has 36 heavy (non-hydrogen) atoms. The standard InChI is InChI=1S/C31H34N4S/c1-3-8-22(2)35-17-15-24(16-18-35)29-21-32-30-14-13-27(20-28(29)30)34-31(36)33-26-12-7-11-25(19-26)23-9-5-4-6-10-23/h4-7,9-15,19-22,32H,3,8,16-18H2,1-2H3,(H2,33,34,36). The predicted molar refractivity (Wildman–Crippen MR) is 159 cm³/mol. The minimum absolute atomic E-state index is 0.578. The van der Waals surface area contributed by atoms with E-state index in [4.69, 9.17) is 12.2 Å². The Balaban J connectivity index is 1.28. The number of rotatable bonds is 7. The highest BCUT2D eigenvalue weighted by Gasteiger charge is 2.19. The molecule has 0 radical (unpaired) electrons. The maximum absolute atomic E-state index is 5.65. The summed E-state index contributed by atoms with van der Waals surface area (Å²) in [6.07, 6.45) is 8.13. The average Bonchev–Trinajstić information content (AvgIpc) is 3.33. The van der Waals surface area contributed by atoms with E-state index in [0.29, 0.717) is 11.2 Å². The maximum Gasteiger partial charge on any atom is 0.175 e. The molecule has 5 heteroatoms. The predicted octanol–water partition coefficient (Wildman–Crippen LogP) is 7.92. The first-order valence-corrected chi connectivity index (χ1v) is 13.3. The fraction of sp³-hybridized carbons (Fsp3) is 0.258. The Hall–Kier alpha value is -3.41. The summed E-state index contributed by atoms with van der Waals surface area (Å²) in [6, 6.07) is 25.7. The lowest BCUT2D eigenvalue weighted by atomic mass is 9.97. The van der Waals surface area contributed by atoms with E-state index in [9.17, 15) is 0 Å². The summed E-state index contributed by atoms with van der Waals surface area (Å²) in [5.41, 5.74) is 8.16. The normalized spacial score (nSPS) is 14.9. The van der Waals surface area contributed by atoms with Crippen molar-refractivity contribution in [1.29, 1.82) is 0 Å². The molecule has 0 aliphatic carbocycles. The van der Waals surface area contributed by atoms with Gasteiger partial charge in [0.25, 0.3) is 0 Å². The quantitative estimate of drug-likeness (QED) is 0.228. The summed E-state index contributed by atoms with van der Waals surface area (Å²) in [7, 11) is 0. The Morgan fingerprint density at radius 2 is 1.75 bits per heavy atom. The van der Waals surface area contributed by atoms with Gasteiger partial charge in [0.05, 0.1) is 0 Å². The van der Waals surface area contributed by atoms with Crippen LogP contribution in [0.4, 0.5) is 11.4 Å². The lowest BCUT2D eigenvalue weighted by Crippen LogP contribution is -2.36. The first-order valence-electron chi connectivity index (χ1n) is 12.9. The van der Waals surface area contributed by atoms with Crippen LogP contribution in [0.1, 0.15) is 38.7 Å². The number of hydrogen-bond donors (Lipinski definition) is 3. The van der Waals surface area contributed by atoms with Crippen molar-refractivity contribution >= 4 is 45.2 Å². The van der Waals surface area contributed by atoms with Gasteiger partial charge in [0.2, 0.25) is 0 Å². The number of aromatic amines is 1. The number of anilines is 2. The summed E-state index contributed by atoms with van der Waals surface area (Å²) in [5.74, 6) is 0. The fourth-order valence-corrected chi connectivity index (χ4v) is 5.33. The minimum atomic E-state index is 0.578. The number of nitrogens with one attached hydrogen (secondary N) is 3. The zero-order chi connectivity index (χ0) is 24.9. The van der Waals surface area contributed by atoms with Gasteiger partial charge in [-0.1, -0.05) is 61.9 Å². The summed E-state index contributed by atoms with van der Waals surface area (Å²) >= 11 is 5.65. The molecule has 3 N–H and O–H groups in total. The van der Waals surface area contributed by atoms with Gasteiger partial charge >= 0.3 is 0 Å². The summed E-state index contributed by atoms with van der Waals surface area (Å²) in [6.45, 7) is 6.76. The average molecular weight is 495 g/mol. The lowest BCUT2D eigenvalue weighted by Gasteiger charge is -2.31. The van der Waals surface area contributed by atoms with Gasteiger partial charge in [0.1, 0.15) is 0 Å². The third-order valence-corrected chi connectivity index (χ3v) is 7.29. The van der Waals surface area contributed by atoms with Gasteiger partial charge in [0.15, 0.2) is 5.11 Å². The smallest absolute Gasteiger partial charge is 0.175 e. The Labute approximate surface area is 219 Å². The number of hydrogen-bond acceptors (Lipinski definition) is 2. The molecule has 0 fully saturated rings. The second-order valence-electron chi connectivity index (χ2n) is 9.60. The van der Waals surface area contributed by atoms with Crippen LogP contribution >= 0.6 is 12.2 Å². The van der Waals surface area contributed by atoms with Crippen LogP contribution in [0.5, 0.6) is 0 Å². The second-order valence-corrected chi connectivity index (χ2v) is 10.0. The molecular formula is C31H34N4S. The van der Waals surface area contributed by atoms with Crippen LogP contribution in [0.15, 0.2) is 85.1 Å². The van der Waals surface area contributed by atoms with Crippen molar-refractivity contribution < 1.29 is 0 Å². The number of H-pyrrole nitrogens is 1. The molecule has 1 aliphatic heterocycles. The van der Waals surface area contributed by atoms with Crippen LogP contribution in [0.2, 0.25) is 0 Å². The molecule has 0 spiro atoms. The van der Waals surface area contributed by atoms with Gasteiger partial charge in [-0.3, -0.25) is 4.90 Å². The third kappa shape index (κ3) is 5.53. The van der Waals surface area contributed by atoms with Gasteiger partial charge in [-0.2, -0.15) is 0 Å². The van der Waals surface area contributed by atoms with Crippen molar-refractivity contribution in [3.05, 3.63) is 90.6 Å². The van der Waals surface area contributed by atoms with E-state index < -0.39 is 0 Å². The molecule has 1 aliphatic rings. The largest absolute Gasteiger partial charge is 0.361 e. The number of fused-ring (bicyclic) bond motifs is 1. The van der Waals surface area contributed by atoms with Crippen LogP contribution in [-0.4, -0.2) is 34.1 Å². The molecule has 2 heterocycles. The number of thiocarbonyl (C=S) groups is 1. The highest BCUT2D eigenvalue weighted by molar-refractivity contribution is 7.80. The molecular weight excluding hydrogens is 460 g/mol. The Morgan fingerprint density at radius 1 is 0.972 bits per heavy atom. The summed E-state index contributed by atoms with van der Waals surface area (Å²) < 4.78 is 0. The van der Waals surface area contributed by atoms with E-state index in [1.54, 1.807) is 0 Å². The monoisotopic (exact) mass is 494 g/mol. The zero-order valence-electron chi connectivity index (χ0n) is 21.1. The number of aromatic nitrogens is 1. The van der Waals surface area contributed by atoms with E-state index in [2.05, 4.69) is 101 Å². The number of benzene rings is 3. The van der Waals surface area contributed by atoms with Crippen molar-refractivity contribution in [1.82, 2.24) is 9.88 Å². The van der Waals surface area contributed by atoms with E-state index in [1.807, 2.05) is 18.2 Å². The van der Waals surface area contributed by atoms with Crippen molar-refractivity contribution in [3.63, 3.8) is 0 Å². The second kappa shape index (κ2) is 11.1. The highest BCUT2D eigenvalue weighted by atomic mass is 32.1. The Bertz CT molecular complexity index is 1370. The lowest BCUT2D eigenvalue weighted by molar-refractivity contribution is 0.219. The molecule has 5 rings (SSSR count). The van der Waals surface area contributed by atoms with Gasteiger partial charge in [-0.15, -0.1) is 0 Å². The Morgan fingerprint density at radius 3 is 2.50 bits per heavy atom. The van der Waals surface area contributed by atoms with Crippen LogP contribution in [-0.2, 0) is 0 Å². The zero-order valence-corrected chi connectivity index (χ0v) is 21.9. The number of nitrogens with zero attached hydrogens (tertiary/aromatic N) is 1. The van der Waals surface area contributed by atoms with Gasteiger partial charge in [-0.05, 0) is 79.0 Å². The molecule has 3 aromatic carbocycles. The SMILES string of the molecule is CCCC(C)N1CC=C(c2c[nH]c3ccc(NC(=S)Nc4cccc(-c5ccccc5)c4)cc23)CC1. The molecule has 0 amide bonds. The van der Waals surface area contributed by atoms with Crippen molar-refractivity contribution in [2.75, 3.05) is 23.7 Å². The fourth-order valence-electron chi connectivity index (χ4n) is 5.09. The minimum Gasteiger partial charge on any atom is -0.361 e. The molecule has 0 saturated heterocycles. The molecule has 0 saturated carbocycles. The first kappa shape index (κ1) is 24.3. The van der Waals surface area contributed by atoms with Gasteiger partial charge in [0, 0.05) is 53.2 Å². The summed E-state index contributed by atoms with van der Waals surface area (Å²) in [4.78, 5) is 6.04. The third-order valence-electron chi connectivity index (χ3n) is 7.08. The van der Waals surface area contributed by atoms with E-state index in [1.165, 1.54) is 34.9 Å². The van der Waals surface area contributed by atoms with Gasteiger partial charge < -0.3 is 15.6 Å². The highest BCUT2D eigenvalue weighted by Crippen LogP contribution is 2.32. The van der Waals surface area contributed by atoms with Crippen LogP contribution in [0, 0.1) is 0 Å². The van der Waals surface area contributed by atoms with Crippen molar-refractivity contribution in [3.8, 4) is 11.1 Å². The van der Waals surface area contributed by atoms with Crippen molar-refractivity contribution in [2.24, 2.45) is 0 Å². The Kier molecular flexibility index (Phi) is 7.49. The van der Waals surface area contributed by atoms with Gasteiger partial charge in [-0.25, -0.2) is 0 Å². The van der Waals surface area contributed by atoms with E-state index >= 15 is 0 Å². The van der Waals surface area contributed by atoms with Crippen molar-refractivity contribution in [2.45, 2.75) is 39.2 Å². The molecule has 0 bridgehead atoms. The molecule has 4 nitrogen and oxygen atoms in total. The van der Waals surface area contributed by atoms with Crippen LogP contribution in [0.3, 0.4) is 0 Å². The topological polar surface area (TPSA) is 43.1 Å². The molecule has 1 unspecified atom stereocenters. The first-order chi connectivity index (χ1) is 17.6. The molecule has 4 aromatic rings. The van der Waals surface area contributed by atoms with Crippen LogP contribution in [0.25, 0.3) is 27.6 Å². The molecule has 1 aromatic heterocycles. The molecule has 184 valence electrons.